The number of carbonyl (C=O) groups excluding carboxylic acids is 1. The highest BCUT2D eigenvalue weighted by Crippen LogP contribution is 2.36. The molecule has 1 amide bonds. The van der Waals surface area contributed by atoms with Crippen LogP contribution in [0.25, 0.3) is 0 Å². The number of aromatic nitrogens is 2. The maximum Gasteiger partial charge on any atom is 0.217 e. The average molecular weight is 327 g/mol. The highest BCUT2D eigenvalue weighted by atomic mass is 35.5. The van der Waals surface area contributed by atoms with E-state index in [4.69, 9.17) is 11.6 Å². The van der Waals surface area contributed by atoms with E-state index in [1.807, 2.05) is 10.9 Å². The quantitative estimate of drug-likeness (QED) is 0.856. The van der Waals surface area contributed by atoms with Gasteiger partial charge in [-0.15, -0.1) is 0 Å². The summed E-state index contributed by atoms with van der Waals surface area (Å²) in [5.41, 5.74) is 0. The molecule has 1 aliphatic heterocycles. The first-order valence-electron chi connectivity index (χ1n) is 7.86. The van der Waals surface area contributed by atoms with Crippen molar-refractivity contribution in [2.75, 3.05) is 19.6 Å². The van der Waals surface area contributed by atoms with Gasteiger partial charge in [-0.3, -0.25) is 9.48 Å². The predicted molar refractivity (Wildman–Crippen MR) is 83.5 cm³/mol. The molecule has 22 heavy (non-hydrogen) atoms. The van der Waals surface area contributed by atoms with Gasteiger partial charge in [0, 0.05) is 32.8 Å². The molecule has 1 aliphatic carbocycles. The highest BCUT2D eigenvalue weighted by molar-refractivity contribution is 6.30. The van der Waals surface area contributed by atoms with Crippen LogP contribution in [0.2, 0.25) is 5.02 Å². The minimum absolute atomic E-state index is 0.0621. The molecule has 1 saturated heterocycles. The molecule has 0 unspecified atom stereocenters. The fourth-order valence-corrected chi connectivity index (χ4v) is 3.99. The Kier molecular flexibility index (Phi) is 4.70. The van der Waals surface area contributed by atoms with E-state index in [0.717, 1.165) is 39.0 Å². The summed E-state index contributed by atoms with van der Waals surface area (Å²) >= 11 is 5.87. The van der Waals surface area contributed by atoms with Gasteiger partial charge in [0.15, 0.2) is 0 Å². The van der Waals surface area contributed by atoms with Gasteiger partial charge < -0.3 is 15.3 Å². The number of fused-ring (bicyclic) bond motifs is 1. The van der Waals surface area contributed by atoms with E-state index in [1.165, 1.54) is 6.92 Å². The minimum atomic E-state index is -0.421. The second-order valence-corrected chi connectivity index (χ2v) is 6.98. The average Bonchev–Trinajstić information content (AvgIpc) is 3.02. The molecule has 2 aliphatic rings. The van der Waals surface area contributed by atoms with E-state index in [0.29, 0.717) is 16.9 Å². The van der Waals surface area contributed by atoms with Crippen LogP contribution in [0.15, 0.2) is 12.4 Å². The minimum Gasteiger partial charge on any atom is -0.391 e. The lowest BCUT2D eigenvalue weighted by Crippen LogP contribution is -2.48. The molecule has 4 atom stereocenters. The lowest BCUT2D eigenvalue weighted by molar-refractivity contribution is -0.121. The lowest BCUT2D eigenvalue weighted by atomic mass is 9.77. The number of likely N-dealkylation sites (tertiary alicyclic amines) is 1. The number of rotatable bonds is 4. The van der Waals surface area contributed by atoms with Crippen LogP contribution in [0.5, 0.6) is 0 Å². The van der Waals surface area contributed by atoms with E-state index >= 15 is 0 Å². The molecular formula is C15H23ClN4O2. The second kappa shape index (κ2) is 6.56. The third kappa shape index (κ3) is 3.62. The predicted octanol–water partition coefficient (Wildman–Crippen LogP) is 0.744. The molecule has 1 saturated carbocycles. The standard InChI is InChI=1S/C15H23ClN4O2/c1-10(21)18-14-4-11-7-19(8-12(11)5-15(14)22)2-3-20-9-13(16)6-17-20/h6,9,11-12,14-15,22H,2-5,7-8H2,1H3,(H,18,21)/t11-,12+,14-,15-/m1/s1. The van der Waals surface area contributed by atoms with Gasteiger partial charge in [0.1, 0.15) is 0 Å². The molecule has 7 heteroatoms. The van der Waals surface area contributed by atoms with Gasteiger partial charge in [0.2, 0.25) is 5.91 Å². The summed E-state index contributed by atoms with van der Waals surface area (Å²) in [5, 5.41) is 17.9. The Balaban J connectivity index is 1.51. The van der Waals surface area contributed by atoms with E-state index in [1.54, 1.807) is 6.20 Å². The Hall–Kier alpha value is -1.11. The van der Waals surface area contributed by atoms with Crippen molar-refractivity contribution >= 4 is 17.5 Å². The van der Waals surface area contributed by atoms with E-state index < -0.39 is 6.10 Å². The van der Waals surface area contributed by atoms with Crippen molar-refractivity contribution in [3.8, 4) is 0 Å². The number of aliphatic hydroxyl groups is 1. The molecule has 0 bridgehead atoms. The van der Waals surface area contributed by atoms with Crippen LogP contribution in [-0.4, -0.2) is 57.5 Å². The van der Waals surface area contributed by atoms with Crippen molar-refractivity contribution in [2.24, 2.45) is 11.8 Å². The number of carbonyl (C=O) groups is 1. The fraction of sp³-hybridized carbons (Fsp3) is 0.733. The second-order valence-electron chi connectivity index (χ2n) is 6.55. The Labute approximate surface area is 135 Å². The van der Waals surface area contributed by atoms with E-state index in [-0.39, 0.29) is 11.9 Å². The summed E-state index contributed by atoms with van der Waals surface area (Å²) in [5.74, 6) is 1.02. The van der Waals surface area contributed by atoms with Crippen LogP contribution < -0.4 is 5.32 Å². The SMILES string of the molecule is CC(=O)N[C@@H]1C[C@@H]2CN(CCn3cc(Cl)cn3)C[C@@H]2C[C@H]1O. The van der Waals surface area contributed by atoms with Crippen molar-refractivity contribution in [2.45, 2.75) is 38.5 Å². The van der Waals surface area contributed by atoms with Crippen molar-refractivity contribution in [3.05, 3.63) is 17.4 Å². The third-order valence-corrected chi connectivity index (χ3v) is 5.05. The van der Waals surface area contributed by atoms with Gasteiger partial charge >= 0.3 is 0 Å². The van der Waals surface area contributed by atoms with Crippen LogP contribution in [0.1, 0.15) is 19.8 Å². The number of amides is 1. The number of nitrogens with zero attached hydrogens (tertiary/aromatic N) is 3. The van der Waals surface area contributed by atoms with Crippen molar-refractivity contribution in [1.29, 1.82) is 0 Å². The molecule has 1 aromatic rings. The largest absolute Gasteiger partial charge is 0.391 e. The normalized spacial score (nSPS) is 32.0. The lowest BCUT2D eigenvalue weighted by Gasteiger charge is -2.35. The van der Waals surface area contributed by atoms with Crippen molar-refractivity contribution < 1.29 is 9.90 Å². The summed E-state index contributed by atoms with van der Waals surface area (Å²) in [6.07, 6.45) is 4.71. The van der Waals surface area contributed by atoms with Gasteiger partial charge in [-0.1, -0.05) is 11.6 Å². The molecule has 2 fully saturated rings. The van der Waals surface area contributed by atoms with Crippen LogP contribution in [0, 0.1) is 11.8 Å². The van der Waals surface area contributed by atoms with E-state index in [9.17, 15) is 9.90 Å². The first-order chi connectivity index (χ1) is 10.5. The summed E-state index contributed by atoms with van der Waals surface area (Å²) in [6, 6.07) is -0.0939. The molecule has 0 radical (unpaired) electrons. The Bertz CT molecular complexity index is 535. The number of nitrogens with one attached hydrogen (secondary N) is 1. The topological polar surface area (TPSA) is 70.4 Å². The molecular weight excluding hydrogens is 304 g/mol. The van der Waals surface area contributed by atoms with Gasteiger partial charge in [-0.25, -0.2) is 0 Å². The molecule has 3 rings (SSSR count). The summed E-state index contributed by atoms with van der Waals surface area (Å²) in [6.45, 7) is 5.32. The van der Waals surface area contributed by atoms with Crippen molar-refractivity contribution in [1.82, 2.24) is 20.0 Å². The Morgan fingerprint density at radius 1 is 1.41 bits per heavy atom. The summed E-state index contributed by atoms with van der Waals surface area (Å²) in [4.78, 5) is 13.6. The molecule has 0 spiro atoms. The molecule has 2 heterocycles. The molecule has 122 valence electrons. The zero-order valence-electron chi connectivity index (χ0n) is 12.8. The molecule has 0 aromatic carbocycles. The maximum absolute atomic E-state index is 11.2. The maximum atomic E-state index is 11.2. The fourth-order valence-electron chi connectivity index (χ4n) is 3.83. The first kappa shape index (κ1) is 15.8. The Morgan fingerprint density at radius 3 is 2.77 bits per heavy atom. The first-order valence-corrected chi connectivity index (χ1v) is 8.24. The van der Waals surface area contributed by atoms with Crippen molar-refractivity contribution in [3.63, 3.8) is 0 Å². The van der Waals surface area contributed by atoms with Crippen LogP contribution in [0.3, 0.4) is 0 Å². The van der Waals surface area contributed by atoms with Crippen LogP contribution >= 0.6 is 11.6 Å². The van der Waals surface area contributed by atoms with Crippen LogP contribution in [0.4, 0.5) is 0 Å². The zero-order valence-corrected chi connectivity index (χ0v) is 13.5. The monoisotopic (exact) mass is 326 g/mol. The smallest absolute Gasteiger partial charge is 0.217 e. The number of aliphatic hydroxyl groups excluding tert-OH is 1. The summed E-state index contributed by atoms with van der Waals surface area (Å²) < 4.78 is 1.86. The Morgan fingerprint density at radius 2 is 2.14 bits per heavy atom. The number of halogens is 1. The van der Waals surface area contributed by atoms with Crippen LogP contribution in [-0.2, 0) is 11.3 Å². The number of hydrogen-bond acceptors (Lipinski definition) is 4. The zero-order chi connectivity index (χ0) is 15.7. The van der Waals surface area contributed by atoms with Gasteiger partial charge in [-0.05, 0) is 24.7 Å². The molecule has 6 nitrogen and oxygen atoms in total. The highest BCUT2D eigenvalue weighted by Gasteiger charge is 2.41. The van der Waals surface area contributed by atoms with Gasteiger partial charge in [-0.2, -0.15) is 5.10 Å². The van der Waals surface area contributed by atoms with E-state index in [2.05, 4.69) is 15.3 Å². The molecule has 2 N–H and O–H groups in total. The number of hydrogen-bond donors (Lipinski definition) is 2. The van der Waals surface area contributed by atoms with Gasteiger partial charge in [0.05, 0.1) is 29.9 Å². The molecule has 1 aromatic heterocycles. The van der Waals surface area contributed by atoms with Gasteiger partial charge in [0.25, 0.3) is 0 Å². The summed E-state index contributed by atoms with van der Waals surface area (Å²) in [7, 11) is 0. The third-order valence-electron chi connectivity index (χ3n) is 4.85.